The van der Waals surface area contributed by atoms with Crippen LogP contribution in [0.25, 0.3) is 6.08 Å². The van der Waals surface area contributed by atoms with Gasteiger partial charge in [-0.1, -0.05) is 37.3 Å². The Morgan fingerprint density at radius 3 is 2.15 bits per heavy atom. The number of ketones is 2. The zero-order valence-corrected chi connectivity index (χ0v) is 21.5. The zero-order chi connectivity index (χ0) is 29.1. The molecule has 0 heterocycles. The Kier molecular flexibility index (Phi) is 8.51. The van der Waals surface area contributed by atoms with Crippen molar-refractivity contribution in [1.29, 1.82) is 0 Å². The van der Waals surface area contributed by atoms with Gasteiger partial charge in [-0.2, -0.15) is 26.3 Å². The molecule has 0 saturated carbocycles. The normalized spacial score (nSPS) is 15.8. The molecule has 3 aromatic carbocycles. The molecule has 1 unspecified atom stereocenters. The highest BCUT2D eigenvalue weighted by atomic mass is 19.4. The molecule has 0 fully saturated rings. The molecule has 0 bridgehead atoms. The molecule has 0 radical (unpaired) electrons. The van der Waals surface area contributed by atoms with Crippen LogP contribution in [-0.4, -0.2) is 11.6 Å². The van der Waals surface area contributed by atoms with Gasteiger partial charge < -0.3 is 4.74 Å². The maximum absolute atomic E-state index is 13.2. The van der Waals surface area contributed by atoms with E-state index in [2.05, 4.69) is 0 Å². The van der Waals surface area contributed by atoms with Crippen LogP contribution in [-0.2, 0) is 36.6 Å². The molecule has 1 atom stereocenters. The number of allylic oxidation sites excluding steroid dienone is 1. The maximum atomic E-state index is 13.2. The van der Waals surface area contributed by atoms with Gasteiger partial charge in [-0.25, -0.2) is 0 Å². The molecule has 0 spiro atoms. The standard InChI is InChI=1S/C31H26F6O3/c1-2-26(38)10-7-19-3-5-20(6-4-19)18-40-27-11-12-28-22(16-27)8-9-23(29(28)39)13-21-14-24(30(32,33)34)17-25(15-21)31(35,36)37/h3-7,10-12,14-17,23H,2,8-9,13,18H2,1H3/b10-7+. The van der Waals surface area contributed by atoms with Gasteiger partial charge in [0, 0.05) is 17.9 Å². The first-order valence-electron chi connectivity index (χ1n) is 12.7. The summed E-state index contributed by atoms with van der Waals surface area (Å²) in [5.74, 6) is -0.473. The number of carbonyl (C=O) groups excluding carboxylic acids is 2. The van der Waals surface area contributed by atoms with Gasteiger partial charge in [0.25, 0.3) is 0 Å². The number of carbonyl (C=O) groups is 2. The number of benzene rings is 3. The van der Waals surface area contributed by atoms with E-state index in [-0.39, 0.29) is 36.2 Å². The topological polar surface area (TPSA) is 43.4 Å². The fourth-order valence-electron chi connectivity index (χ4n) is 4.60. The Balaban J connectivity index is 1.43. The van der Waals surface area contributed by atoms with Crippen LogP contribution in [0.2, 0.25) is 0 Å². The Morgan fingerprint density at radius 1 is 0.900 bits per heavy atom. The predicted octanol–water partition coefficient (Wildman–Crippen LogP) is 8.28. The molecule has 0 saturated heterocycles. The molecule has 3 aromatic rings. The molecule has 9 heteroatoms. The Labute approximate surface area is 227 Å². The first-order chi connectivity index (χ1) is 18.8. The predicted molar refractivity (Wildman–Crippen MR) is 138 cm³/mol. The molecule has 0 aliphatic heterocycles. The number of fused-ring (bicyclic) bond motifs is 1. The average molecular weight is 561 g/mol. The number of aryl methyl sites for hydroxylation is 1. The summed E-state index contributed by atoms with van der Waals surface area (Å²) in [6.45, 7) is 2.06. The van der Waals surface area contributed by atoms with E-state index in [4.69, 9.17) is 4.74 Å². The summed E-state index contributed by atoms with van der Waals surface area (Å²) >= 11 is 0. The number of hydrogen-bond acceptors (Lipinski definition) is 3. The van der Waals surface area contributed by atoms with E-state index in [1.54, 1.807) is 31.2 Å². The highest BCUT2D eigenvalue weighted by molar-refractivity contribution is 6.00. The van der Waals surface area contributed by atoms with Crippen LogP contribution in [0.3, 0.4) is 0 Å². The van der Waals surface area contributed by atoms with E-state index < -0.39 is 29.4 Å². The Hall–Kier alpha value is -3.88. The van der Waals surface area contributed by atoms with Crippen molar-refractivity contribution in [1.82, 2.24) is 0 Å². The summed E-state index contributed by atoms with van der Waals surface area (Å²) in [6.07, 6.45) is -5.66. The Bertz CT molecular complexity index is 1390. The number of alkyl halides is 6. The average Bonchev–Trinajstić information content (AvgIpc) is 2.91. The molecule has 0 N–H and O–H groups in total. The van der Waals surface area contributed by atoms with E-state index in [9.17, 15) is 35.9 Å². The lowest BCUT2D eigenvalue weighted by Crippen LogP contribution is -2.25. The van der Waals surface area contributed by atoms with E-state index in [0.717, 1.165) is 16.7 Å². The summed E-state index contributed by atoms with van der Waals surface area (Å²) < 4.78 is 85.2. The summed E-state index contributed by atoms with van der Waals surface area (Å²) in [6, 6.07) is 13.9. The minimum Gasteiger partial charge on any atom is -0.489 e. The molecular formula is C31H26F6O3. The number of Topliss-reactive ketones (excluding diaryl/α,β-unsaturated/α-hetero) is 1. The van der Waals surface area contributed by atoms with Crippen LogP contribution in [0.4, 0.5) is 26.3 Å². The van der Waals surface area contributed by atoms with Gasteiger partial charge in [0.05, 0.1) is 11.1 Å². The second kappa shape index (κ2) is 11.7. The van der Waals surface area contributed by atoms with Gasteiger partial charge in [0.15, 0.2) is 11.6 Å². The van der Waals surface area contributed by atoms with E-state index in [1.165, 1.54) is 6.08 Å². The van der Waals surface area contributed by atoms with Crippen molar-refractivity contribution in [3.05, 3.63) is 106 Å². The summed E-state index contributed by atoms with van der Waals surface area (Å²) in [5, 5.41) is 0. The minimum atomic E-state index is -4.94. The van der Waals surface area contributed by atoms with Crippen LogP contribution in [0.15, 0.2) is 66.7 Å². The van der Waals surface area contributed by atoms with E-state index >= 15 is 0 Å². The molecule has 1 aliphatic rings. The largest absolute Gasteiger partial charge is 0.489 e. The van der Waals surface area contributed by atoms with Crippen molar-refractivity contribution >= 4 is 17.6 Å². The van der Waals surface area contributed by atoms with Crippen molar-refractivity contribution in [2.75, 3.05) is 0 Å². The second-order valence-corrected chi connectivity index (χ2v) is 9.72. The van der Waals surface area contributed by atoms with Crippen LogP contribution in [0.5, 0.6) is 5.75 Å². The summed E-state index contributed by atoms with van der Waals surface area (Å²) in [7, 11) is 0. The summed E-state index contributed by atoms with van der Waals surface area (Å²) in [4.78, 5) is 24.5. The third kappa shape index (κ3) is 7.20. The van der Waals surface area contributed by atoms with Crippen molar-refractivity contribution in [2.24, 2.45) is 5.92 Å². The highest BCUT2D eigenvalue weighted by Gasteiger charge is 2.37. The number of rotatable bonds is 8. The lowest BCUT2D eigenvalue weighted by atomic mass is 9.79. The lowest BCUT2D eigenvalue weighted by Gasteiger charge is -2.24. The van der Waals surface area contributed by atoms with Crippen molar-refractivity contribution in [2.45, 2.75) is 51.6 Å². The number of ether oxygens (including phenoxy) is 1. The van der Waals surface area contributed by atoms with Gasteiger partial charge in [-0.05, 0) is 84.0 Å². The first-order valence-corrected chi connectivity index (χ1v) is 12.7. The smallest absolute Gasteiger partial charge is 0.416 e. The SMILES string of the molecule is CCC(=O)/C=C/c1ccc(COc2ccc3c(c2)CCC(Cc2cc(C(F)(F)F)cc(C(F)(F)F)c2)C3=O)cc1. The van der Waals surface area contributed by atoms with Crippen molar-refractivity contribution < 1.29 is 40.7 Å². The highest BCUT2D eigenvalue weighted by Crippen LogP contribution is 2.38. The molecular weight excluding hydrogens is 534 g/mol. The lowest BCUT2D eigenvalue weighted by molar-refractivity contribution is -0.143. The number of hydrogen-bond donors (Lipinski definition) is 0. The molecule has 3 nitrogen and oxygen atoms in total. The van der Waals surface area contributed by atoms with Crippen molar-refractivity contribution in [3.8, 4) is 5.75 Å². The Morgan fingerprint density at radius 2 is 1.55 bits per heavy atom. The van der Waals surface area contributed by atoms with Crippen LogP contribution < -0.4 is 4.74 Å². The van der Waals surface area contributed by atoms with Gasteiger partial charge in [0.1, 0.15) is 12.4 Å². The third-order valence-corrected chi connectivity index (χ3v) is 6.80. The number of halogens is 6. The molecule has 40 heavy (non-hydrogen) atoms. The summed E-state index contributed by atoms with van der Waals surface area (Å²) in [5.41, 5.74) is -0.0631. The van der Waals surface area contributed by atoms with E-state index in [0.29, 0.717) is 42.7 Å². The first kappa shape index (κ1) is 29.1. The molecule has 4 rings (SSSR count). The fourth-order valence-corrected chi connectivity index (χ4v) is 4.60. The van der Waals surface area contributed by atoms with E-state index in [1.807, 2.05) is 24.3 Å². The van der Waals surface area contributed by atoms with Gasteiger partial charge in [-0.3, -0.25) is 9.59 Å². The van der Waals surface area contributed by atoms with Crippen LogP contribution >= 0.6 is 0 Å². The van der Waals surface area contributed by atoms with Gasteiger partial charge in [-0.15, -0.1) is 0 Å². The van der Waals surface area contributed by atoms with Gasteiger partial charge in [0.2, 0.25) is 0 Å². The minimum absolute atomic E-state index is 0.0378. The molecule has 0 aromatic heterocycles. The maximum Gasteiger partial charge on any atom is 0.416 e. The fraction of sp³-hybridized carbons (Fsp3) is 0.290. The monoisotopic (exact) mass is 560 g/mol. The second-order valence-electron chi connectivity index (χ2n) is 9.72. The van der Waals surface area contributed by atoms with Gasteiger partial charge >= 0.3 is 12.4 Å². The third-order valence-electron chi connectivity index (χ3n) is 6.80. The molecule has 1 aliphatic carbocycles. The molecule has 210 valence electrons. The zero-order valence-electron chi connectivity index (χ0n) is 21.5. The quantitative estimate of drug-likeness (QED) is 0.206. The van der Waals surface area contributed by atoms with Crippen molar-refractivity contribution in [3.63, 3.8) is 0 Å². The molecule has 0 amide bonds. The van der Waals surface area contributed by atoms with Crippen LogP contribution in [0.1, 0.15) is 63.5 Å². The van der Waals surface area contributed by atoms with Crippen LogP contribution in [0, 0.1) is 5.92 Å².